The third-order valence-corrected chi connectivity index (χ3v) is 2.81. The van der Waals surface area contributed by atoms with E-state index in [0.29, 0.717) is 17.9 Å². The van der Waals surface area contributed by atoms with Gasteiger partial charge in [-0.05, 0) is 35.0 Å². The van der Waals surface area contributed by atoms with Crippen LogP contribution in [0.4, 0.5) is 5.69 Å². The van der Waals surface area contributed by atoms with Gasteiger partial charge in [0.2, 0.25) is 5.82 Å². The Morgan fingerprint density at radius 1 is 1.44 bits per heavy atom. The molecule has 1 amide bonds. The van der Waals surface area contributed by atoms with Crippen molar-refractivity contribution in [3.63, 3.8) is 0 Å². The van der Waals surface area contributed by atoms with E-state index in [0.717, 1.165) is 10.3 Å². The molecule has 0 aromatic carbocycles. The predicted molar refractivity (Wildman–Crippen MR) is 70.4 cm³/mol. The molecule has 0 aliphatic heterocycles. The molecule has 2 aromatic rings. The predicted octanol–water partition coefficient (Wildman–Crippen LogP) is 2.09. The second kappa shape index (κ2) is 5.26. The maximum absolute atomic E-state index is 11.9. The largest absolute Gasteiger partial charge is 0.318 e. The molecule has 0 spiro atoms. The van der Waals surface area contributed by atoms with E-state index in [1.807, 2.05) is 13.8 Å². The number of nitrogens with one attached hydrogen (secondary N) is 2. The summed E-state index contributed by atoms with van der Waals surface area (Å²) in [5.74, 6) is 0.471. The molecule has 2 heterocycles. The van der Waals surface area contributed by atoms with Crippen molar-refractivity contribution in [2.24, 2.45) is 0 Å². The topological polar surface area (TPSA) is 83.6 Å². The van der Waals surface area contributed by atoms with Crippen LogP contribution in [0.1, 0.15) is 29.1 Å². The maximum atomic E-state index is 11.9. The van der Waals surface area contributed by atoms with Gasteiger partial charge in [-0.3, -0.25) is 9.89 Å². The molecule has 0 saturated carbocycles. The number of amides is 1. The minimum atomic E-state index is -0.349. The lowest BCUT2D eigenvalue weighted by molar-refractivity contribution is 0.101. The van der Waals surface area contributed by atoms with Crippen molar-refractivity contribution < 1.29 is 4.79 Å². The number of hydrogen-bond donors (Lipinski definition) is 2. The average Bonchev–Trinajstić information content (AvgIpc) is 2.81. The molecule has 7 heteroatoms. The molecular formula is C11H12BrN5O. The van der Waals surface area contributed by atoms with Gasteiger partial charge in [-0.25, -0.2) is 9.97 Å². The fourth-order valence-corrected chi connectivity index (χ4v) is 1.79. The molecule has 0 bridgehead atoms. The van der Waals surface area contributed by atoms with E-state index in [2.05, 4.69) is 41.4 Å². The lowest BCUT2D eigenvalue weighted by atomic mass is 10.3. The highest BCUT2D eigenvalue weighted by molar-refractivity contribution is 9.10. The SMILES string of the molecule is CCc1nc(C(=O)Nc2ccc(Br)nc2C)n[nH]1. The van der Waals surface area contributed by atoms with Gasteiger partial charge >= 0.3 is 0 Å². The number of hydrogen-bond acceptors (Lipinski definition) is 4. The first-order chi connectivity index (χ1) is 8.60. The summed E-state index contributed by atoms with van der Waals surface area (Å²) in [6.45, 7) is 3.75. The summed E-state index contributed by atoms with van der Waals surface area (Å²) in [5, 5.41) is 9.28. The van der Waals surface area contributed by atoms with Gasteiger partial charge in [0.05, 0.1) is 11.4 Å². The number of carbonyl (C=O) groups excluding carboxylic acids is 1. The molecule has 2 rings (SSSR count). The minimum absolute atomic E-state index is 0.133. The van der Waals surface area contributed by atoms with E-state index in [1.165, 1.54) is 0 Å². The molecule has 6 nitrogen and oxygen atoms in total. The number of nitrogens with zero attached hydrogens (tertiary/aromatic N) is 3. The first kappa shape index (κ1) is 12.7. The van der Waals surface area contributed by atoms with Gasteiger partial charge in [0.15, 0.2) is 0 Å². The van der Waals surface area contributed by atoms with Gasteiger partial charge in [-0.1, -0.05) is 6.92 Å². The van der Waals surface area contributed by atoms with Gasteiger partial charge in [-0.2, -0.15) is 0 Å². The highest BCUT2D eigenvalue weighted by Gasteiger charge is 2.13. The zero-order chi connectivity index (χ0) is 13.1. The van der Waals surface area contributed by atoms with E-state index >= 15 is 0 Å². The van der Waals surface area contributed by atoms with E-state index in [4.69, 9.17) is 0 Å². The molecule has 18 heavy (non-hydrogen) atoms. The van der Waals surface area contributed by atoms with Gasteiger partial charge in [0.1, 0.15) is 10.4 Å². The number of aromatic nitrogens is 4. The van der Waals surface area contributed by atoms with Crippen molar-refractivity contribution in [2.75, 3.05) is 5.32 Å². The Labute approximate surface area is 112 Å². The second-order valence-electron chi connectivity index (χ2n) is 3.68. The van der Waals surface area contributed by atoms with Crippen molar-refractivity contribution in [3.05, 3.63) is 34.1 Å². The Morgan fingerprint density at radius 3 is 2.83 bits per heavy atom. The summed E-state index contributed by atoms with van der Waals surface area (Å²) in [6, 6.07) is 3.54. The molecule has 2 aromatic heterocycles. The molecule has 0 fully saturated rings. The van der Waals surface area contributed by atoms with E-state index in [-0.39, 0.29) is 11.7 Å². The number of anilines is 1. The number of aromatic amines is 1. The fraction of sp³-hybridized carbons (Fsp3) is 0.273. The standard InChI is InChI=1S/C11H12BrN5O/c1-3-9-15-10(17-16-9)11(18)14-7-4-5-8(12)13-6(7)2/h4-5H,3H2,1-2H3,(H,14,18)(H,15,16,17). The second-order valence-corrected chi connectivity index (χ2v) is 4.49. The number of halogens is 1. The molecule has 2 N–H and O–H groups in total. The quantitative estimate of drug-likeness (QED) is 0.850. The summed E-state index contributed by atoms with van der Waals surface area (Å²) in [5.41, 5.74) is 1.37. The molecule has 0 radical (unpaired) electrons. The summed E-state index contributed by atoms with van der Waals surface area (Å²) >= 11 is 3.27. The smallest absolute Gasteiger partial charge is 0.295 e. The molecule has 0 aliphatic carbocycles. The number of rotatable bonds is 3. The van der Waals surface area contributed by atoms with Crippen LogP contribution in [0.15, 0.2) is 16.7 Å². The number of aryl methyl sites for hydroxylation is 2. The number of carbonyl (C=O) groups is 1. The van der Waals surface area contributed by atoms with Gasteiger partial charge in [0.25, 0.3) is 5.91 Å². The molecular weight excluding hydrogens is 298 g/mol. The van der Waals surface area contributed by atoms with E-state index in [9.17, 15) is 4.79 Å². The highest BCUT2D eigenvalue weighted by atomic mass is 79.9. The Balaban J connectivity index is 2.16. The van der Waals surface area contributed by atoms with Gasteiger partial charge in [0, 0.05) is 6.42 Å². The van der Waals surface area contributed by atoms with Crippen LogP contribution in [0.2, 0.25) is 0 Å². The van der Waals surface area contributed by atoms with Crippen LogP contribution in [-0.4, -0.2) is 26.1 Å². The summed E-state index contributed by atoms with van der Waals surface area (Å²) < 4.78 is 0.726. The fourth-order valence-electron chi connectivity index (χ4n) is 1.40. The number of H-pyrrole nitrogens is 1. The maximum Gasteiger partial charge on any atom is 0.295 e. The normalized spacial score (nSPS) is 10.4. The summed E-state index contributed by atoms with van der Waals surface area (Å²) in [6.07, 6.45) is 0.707. The van der Waals surface area contributed by atoms with Crippen molar-refractivity contribution in [2.45, 2.75) is 20.3 Å². The Bertz CT molecular complexity index is 581. The van der Waals surface area contributed by atoms with Crippen LogP contribution in [0.3, 0.4) is 0 Å². The van der Waals surface area contributed by atoms with Crippen molar-refractivity contribution in [1.29, 1.82) is 0 Å². The summed E-state index contributed by atoms with van der Waals surface area (Å²) in [7, 11) is 0. The van der Waals surface area contributed by atoms with Crippen molar-refractivity contribution >= 4 is 27.5 Å². The third-order valence-electron chi connectivity index (χ3n) is 2.37. The average molecular weight is 310 g/mol. The monoisotopic (exact) mass is 309 g/mol. The molecule has 0 unspecified atom stereocenters. The summed E-state index contributed by atoms with van der Waals surface area (Å²) in [4.78, 5) is 20.1. The highest BCUT2D eigenvalue weighted by Crippen LogP contribution is 2.16. The zero-order valence-electron chi connectivity index (χ0n) is 9.99. The van der Waals surface area contributed by atoms with E-state index in [1.54, 1.807) is 12.1 Å². The molecule has 94 valence electrons. The first-order valence-electron chi connectivity index (χ1n) is 5.46. The zero-order valence-corrected chi connectivity index (χ0v) is 11.6. The lowest BCUT2D eigenvalue weighted by Gasteiger charge is -2.05. The van der Waals surface area contributed by atoms with Crippen LogP contribution in [0, 0.1) is 6.92 Å². The third kappa shape index (κ3) is 2.73. The number of pyridine rings is 1. The minimum Gasteiger partial charge on any atom is -0.318 e. The van der Waals surface area contributed by atoms with Crippen LogP contribution < -0.4 is 5.32 Å². The van der Waals surface area contributed by atoms with Crippen LogP contribution in [0.25, 0.3) is 0 Å². The van der Waals surface area contributed by atoms with Gasteiger partial charge in [-0.15, -0.1) is 5.10 Å². The Hall–Kier alpha value is -1.76. The van der Waals surface area contributed by atoms with Crippen LogP contribution in [-0.2, 0) is 6.42 Å². The van der Waals surface area contributed by atoms with Crippen molar-refractivity contribution in [1.82, 2.24) is 20.2 Å². The Kier molecular flexibility index (Phi) is 3.71. The molecule has 0 atom stereocenters. The molecule has 0 aliphatic rings. The van der Waals surface area contributed by atoms with E-state index < -0.39 is 0 Å². The first-order valence-corrected chi connectivity index (χ1v) is 6.25. The van der Waals surface area contributed by atoms with Crippen molar-refractivity contribution in [3.8, 4) is 0 Å². The Morgan fingerprint density at radius 2 is 2.22 bits per heavy atom. The van der Waals surface area contributed by atoms with Gasteiger partial charge < -0.3 is 5.32 Å². The molecule has 0 saturated heterocycles. The van der Waals surface area contributed by atoms with Crippen LogP contribution >= 0.6 is 15.9 Å². The lowest BCUT2D eigenvalue weighted by Crippen LogP contribution is -2.15. The van der Waals surface area contributed by atoms with Crippen LogP contribution in [0.5, 0.6) is 0 Å².